The van der Waals surface area contributed by atoms with E-state index in [1.165, 1.54) is 13.8 Å². The molecule has 0 amide bonds. The molecule has 0 spiro atoms. The maximum absolute atomic E-state index is 15.7. The second-order valence-corrected chi connectivity index (χ2v) is 33.0. The maximum atomic E-state index is 15.7. The zero-order valence-electron chi connectivity index (χ0n) is 59.3. The van der Waals surface area contributed by atoms with Crippen molar-refractivity contribution in [3.05, 3.63) is 11.6 Å². The van der Waals surface area contributed by atoms with E-state index in [2.05, 4.69) is 40.7 Å². The summed E-state index contributed by atoms with van der Waals surface area (Å²) >= 11 is 0. The minimum atomic E-state index is -2.22. The van der Waals surface area contributed by atoms with E-state index < -0.39 is 280 Å². The van der Waals surface area contributed by atoms with Gasteiger partial charge in [0.2, 0.25) is 6.29 Å². The molecule has 11 fully saturated rings. The van der Waals surface area contributed by atoms with Crippen LogP contribution < -0.4 is 0 Å². The summed E-state index contributed by atoms with van der Waals surface area (Å²) in [7, 11) is 0. The molecule has 12 aliphatic rings. The van der Waals surface area contributed by atoms with Gasteiger partial charge in [-0.05, 0) is 117 Å². The molecule has 0 aromatic rings. The van der Waals surface area contributed by atoms with E-state index in [9.17, 15) is 102 Å². The van der Waals surface area contributed by atoms with Crippen molar-refractivity contribution in [2.45, 2.75) is 322 Å². The molecule has 5 aliphatic carbocycles. The minimum Gasteiger partial charge on any atom is -0.479 e. The normalized spacial score (nSPS) is 54.8. The second-order valence-electron chi connectivity index (χ2n) is 33.0. The molecule has 104 heavy (non-hydrogen) atoms. The van der Waals surface area contributed by atoms with Crippen LogP contribution in [0.2, 0.25) is 0 Å². The Kier molecular flexibility index (Phi) is 23.5. The van der Waals surface area contributed by atoms with E-state index >= 15 is 4.79 Å². The molecular formula is C69H108O35. The van der Waals surface area contributed by atoms with Crippen molar-refractivity contribution >= 4 is 18.2 Å². The van der Waals surface area contributed by atoms with Gasteiger partial charge in [-0.2, -0.15) is 0 Å². The molecule has 18 N–H and O–H groups in total. The Morgan fingerprint density at radius 1 is 0.490 bits per heavy atom. The third-order valence-corrected chi connectivity index (χ3v) is 26.4. The molecule has 594 valence electrons. The van der Waals surface area contributed by atoms with Crippen LogP contribution in [-0.2, 0) is 80.7 Å². The van der Waals surface area contributed by atoms with Crippen LogP contribution in [0.5, 0.6) is 0 Å². The van der Waals surface area contributed by atoms with Crippen molar-refractivity contribution in [1.29, 1.82) is 0 Å². The van der Waals surface area contributed by atoms with Crippen LogP contribution in [0.15, 0.2) is 11.6 Å². The number of aliphatic hydroxyl groups excluding tert-OH is 17. The summed E-state index contributed by atoms with van der Waals surface area (Å²) in [5, 5.41) is 196. The van der Waals surface area contributed by atoms with Crippen molar-refractivity contribution in [2.75, 3.05) is 26.4 Å². The van der Waals surface area contributed by atoms with Crippen molar-refractivity contribution in [2.24, 2.45) is 50.2 Å². The lowest BCUT2D eigenvalue weighted by molar-refractivity contribution is -0.390. The first kappa shape index (κ1) is 80.7. The average Bonchev–Trinajstić information content (AvgIpc) is 0.674. The Labute approximate surface area is 599 Å². The Hall–Kier alpha value is -2.85. The molecule has 0 radical (unpaired) electrons. The van der Waals surface area contributed by atoms with Crippen LogP contribution in [0, 0.1) is 50.2 Å². The summed E-state index contributed by atoms with van der Waals surface area (Å²) in [6.45, 7) is 13.2. The zero-order valence-corrected chi connectivity index (χ0v) is 59.3. The molecule has 12 rings (SSSR count). The number of rotatable bonds is 17. The lowest BCUT2D eigenvalue weighted by atomic mass is 9.33. The molecule has 0 aromatic carbocycles. The van der Waals surface area contributed by atoms with Crippen LogP contribution >= 0.6 is 0 Å². The van der Waals surface area contributed by atoms with E-state index in [0.717, 1.165) is 11.9 Å². The number of carbonyl (C=O) groups excluding carboxylic acids is 2. The lowest BCUT2D eigenvalue weighted by Crippen LogP contribution is -2.68. The summed E-state index contributed by atoms with van der Waals surface area (Å²) in [6, 6.07) is 0. The van der Waals surface area contributed by atoms with Crippen LogP contribution in [0.4, 0.5) is 0 Å². The van der Waals surface area contributed by atoms with Crippen LogP contribution in [-0.4, -0.2) is 339 Å². The molecule has 35 heteroatoms. The van der Waals surface area contributed by atoms with Gasteiger partial charge in [-0.1, -0.05) is 53.2 Å². The highest BCUT2D eigenvalue weighted by atomic mass is 16.8. The smallest absolute Gasteiger partial charge is 0.335 e. The number of allylic oxidation sites excluding steroid dienone is 2. The van der Waals surface area contributed by atoms with Crippen molar-refractivity contribution in [1.82, 2.24) is 0 Å². The van der Waals surface area contributed by atoms with E-state index in [0.29, 0.717) is 57.8 Å². The average molecular weight is 1500 g/mol. The standard InChI is InChI=1S/C69H108O35/c1-25-36(75)41(80)53(102-59-46(85)42(81)49(26(2)95-59)98-58-48(87)50(31(74)23-93-58)99-56-43(82)37(76)29(72)21-91-56)61(94-25)104-63(90)69-17-15-64(3,4)19-28(69)27-9-10-34-65(5)13-12-35(66(6,24-71)33(65)11-14-68(34,8)67(27,7)16-18-69)97-62-54(103-57-44(83)38(77)30(73)22-92-57)51(47(86)52(101-62)55(88)89)100-60-45(84)40(79)39(78)32(20-70)96-60/h9,24-26,28-54,56-62,70,72-87H,10-23H2,1-8H3,(H,88,89). The topological polar surface area (TPSA) is 545 Å². The minimum absolute atomic E-state index is 0.0990. The summed E-state index contributed by atoms with van der Waals surface area (Å²) in [6.07, 6.45) is -49.8. The van der Waals surface area contributed by atoms with Gasteiger partial charge in [0.25, 0.3) is 0 Å². The van der Waals surface area contributed by atoms with Gasteiger partial charge in [0.15, 0.2) is 49.9 Å². The monoisotopic (exact) mass is 1500 g/mol. The number of ether oxygens (including phenoxy) is 14. The number of aldehydes is 1. The zero-order chi connectivity index (χ0) is 75.7. The Balaban J connectivity index is 0.766. The van der Waals surface area contributed by atoms with Crippen LogP contribution in [0.25, 0.3) is 0 Å². The molecule has 7 saturated heterocycles. The van der Waals surface area contributed by atoms with Crippen LogP contribution in [0.1, 0.15) is 120 Å². The fourth-order valence-corrected chi connectivity index (χ4v) is 19.9. The molecule has 7 aliphatic heterocycles. The molecular weight excluding hydrogens is 1390 g/mol. The molecule has 7 heterocycles. The van der Waals surface area contributed by atoms with E-state index in [4.69, 9.17) is 66.3 Å². The number of carbonyl (C=O) groups is 3. The number of fused-ring (bicyclic) bond motifs is 7. The van der Waals surface area contributed by atoms with Crippen LogP contribution in [0.3, 0.4) is 0 Å². The summed E-state index contributed by atoms with van der Waals surface area (Å²) < 4.78 is 83.7. The fourth-order valence-electron chi connectivity index (χ4n) is 19.9. The van der Waals surface area contributed by atoms with Gasteiger partial charge in [-0.25, -0.2) is 4.79 Å². The molecule has 41 atom stereocenters. The Bertz CT molecular complexity index is 3040. The maximum Gasteiger partial charge on any atom is 0.335 e. The fraction of sp³-hybridized carbons (Fsp3) is 0.928. The Morgan fingerprint density at radius 2 is 1.03 bits per heavy atom. The highest BCUT2D eigenvalue weighted by Gasteiger charge is 2.72. The van der Waals surface area contributed by atoms with Gasteiger partial charge in [-0.15, -0.1) is 0 Å². The first-order chi connectivity index (χ1) is 48.8. The number of carboxylic acids is 1. The van der Waals surface area contributed by atoms with E-state index in [1.54, 1.807) is 6.92 Å². The van der Waals surface area contributed by atoms with Crippen molar-refractivity contribution in [3.8, 4) is 0 Å². The molecule has 41 unspecified atom stereocenters. The third kappa shape index (κ3) is 13.9. The SMILES string of the molecule is CC1OC(OC(=O)C23CCC(C)(C)CC2C2=CCC4C5(C)CCC(OC6OC(C(=O)O)C(O)C(OC7OC(CO)C(O)C(O)C7O)C6OC6OCC(O)C(O)C6O)C(C)(C=O)C5CCC4(C)C2(C)CC3)C(OC2OC(C)C(OC3OCC(O)C(OC4OCC(O)C(O)C4O)C3O)C(O)C2O)C(O)C1O. The number of hydrogen-bond donors (Lipinski definition) is 18. The first-order valence-electron chi connectivity index (χ1n) is 36.3. The van der Waals surface area contributed by atoms with Crippen molar-refractivity contribution < 1.29 is 173 Å². The molecule has 35 nitrogen and oxygen atoms in total. The second kappa shape index (κ2) is 30.3. The molecule has 4 saturated carbocycles. The predicted octanol–water partition coefficient (Wildman–Crippen LogP) is -5.32. The summed E-state index contributed by atoms with van der Waals surface area (Å²) in [4.78, 5) is 42.9. The number of aliphatic hydroxyl groups is 17. The summed E-state index contributed by atoms with van der Waals surface area (Å²) in [5.41, 5.74) is -3.39. The van der Waals surface area contributed by atoms with Gasteiger partial charge in [0.1, 0.15) is 134 Å². The van der Waals surface area contributed by atoms with Gasteiger partial charge >= 0.3 is 11.9 Å². The van der Waals surface area contributed by atoms with Gasteiger partial charge in [0, 0.05) is 0 Å². The quantitative estimate of drug-likeness (QED) is 0.0280. The lowest BCUT2D eigenvalue weighted by Gasteiger charge is -2.71. The highest BCUT2D eigenvalue weighted by Crippen LogP contribution is 2.76. The van der Waals surface area contributed by atoms with Gasteiger partial charge < -0.3 is 163 Å². The summed E-state index contributed by atoms with van der Waals surface area (Å²) in [5.74, 6) is -3.29. The van der Waals surface area contributed by atoms with Gasteiger partial charge in [-0.3, -0.25) is 4.79 Å². The number of hydrogen-bond acceptors (Lipinski definition) is 34. The first-order valence-corrected chi connectivity index (χ1v) is 36.3. The van der Waals surface area contributed by atoms with Gasteiger partial charge in [0.05, 0.1) is 55.6 Å². The molecule has 0 aromatic heterocycles. The molecule has 0 bridgehead atoms. The van der Waals surface area contributed by atoms with E-state index in [1.807, 2.05) is 0 Å². The predicted molar refractivity (Wildman–Crippen MR) is 341 cm³/mol. The number of esters is 1. The Morgan fingerprint density at radius 3 is 1.65 bits per heavy atom. The third-order valence-electron chi connectivity index (χ3n) is 26.4. The van der Waals surface area contributed by atoms with E-state index in [-0.39, 0.29) is 17.8 Å². The number of aliphatic carboxylic acids is 1. The van der Waals surface area contributed by atoms with Crippen molar-refractivity contribution in [3.63, 3.8) is 0 Å². The number of carboxylic acid groups (broad SMARTS) is 1. The largest absolute Gasteiger partial charge is 0.479 e. The highest BCUT2D eigenvalue weighted by molar-refractivity contribution is 5.79.